The third-order valence-electron chi connectivity index (χ3n) is 3.40. The van der Waals surface area contributed by atoms with Gasteiger partial charge in [-0.25, -0.2) is 0 Å². The maximum absolute atomic E-state index is 12.5. The van der Waals surface area contributed by atoms with Crippen LogP contribution in [0.15, 0.2) is 16.8 Å². The summed E-state index contributed by atoms with van der Waals surface area (Å²) in [6.45, 7) is 6.76. The highest BCUT2D eigenvalue weighted by Gasteiger charge is 2.38. The molecule has 1 aromatic heterocycles. The van der Waals surface area contributed by atoms with Gasteiger partial charge in [0.15, 0.2) is 0 Å². The SMILES string of the molecule is CC(C)(C)[C@@H](N)C(=O)N(Cc1ccsc1)C1CC1. The molecule has 4 heteroatoms. The lowest BCUT2D eigenvalue weighted by atomic mass is 9.86. The van der Waals surface area contributed by atoms with Gasteiger partial charge in [-0.05, 0) is 40.6 Å². The highest BCUT2D eigenvalue weighted by molar-refractivity contribution is 7.07. The standard InChI is InChI=1S/C14H22N2OS/c1-14(2,3)12(15)13(17)16(11-4-5-11)8-10-6-7-18-9-10/h6-7,9,11-12H,4-5,8,15H2,1-3H3/t12-/m0/s1. The molecule has 0 saturated heterocycles. The van der Waals surface area contributed by atoms with Crippen molar-refractivity contribution in [2.24, 2.45) is 11.1 Å². The van der Waals surface area contributed by atoms with Crippen LogP contribution < -0.4 is 5.73 Å². The summed E-state index contributed by atoms with van der Waals surface area (Å²) in [5, 5.41) is 4.15. The number of hydrogen-bond acceptors (Lipinski definition) is 3. The predicted molar refractivity (Wildman–Crippen MR) is 75.3 cm³/mol. The Hall–Kier alpha value is -0.870. The topological polar surface area (TPSA) is 46.3 Å². The number of amides is 1. The lowest BCUT2D eigenvalue weighted by molar-refractivity contribution is -0.136. The average molecular weight is 266 g/mol. The van der Waals surface area contributed by atoms with Gasteiger partial charge in [-0.15, -0.1) is 0 Å². The maximum atomic E-state index is 12.5. The fourth-order valence-electron chi connectivity index (χ4n) is 1.90. The first-order valence-corrected chi connectivity index (χ1v) is 7.41. The van der Waals surface area contributed by atoms with Crippen molar-refractivity contribution in [1.29, 1.82) is 0 Å². The molecule has 0 aliphatic heterocycles. The van der Waals surface area contributed by atoms with Crippen molar-refractivity contribution >= 4 is 17.2 Å². The van der Waals surface area contributed by atoms with E-state index < -0.39 is 6.04 Å². The van der Waals surface area contributed by atoms with E-state index in [0.29, 0.717) is 12.6 Å². The van der Waals surface area contributed by atoms with Gasteiger partial charge in [-0.1, -0.05) is 20.8 Å². The van der Waals surface area contributed by atoms with E-state index in [4.69, 9.17) is 5.73 Å². The summed E-state index contributed by atoms with van der Waals surface area (Å²) in [6, 6.07) is 2.07. The second-order valence-corrected chi connectivity index (χ2v) is 6.95. The van der Waals surface area contributed by atoms with Gasteiger partial charge in [0.2, 0.25) is 5.91 Å². The summed E-state index contributed by atoms with van der Waals surface area (Å²) in [6.07, 6.45) is 2.24. The molecule has 2 N–H and O–H groups in total. The molecule has 1 aliphatic carbocycles. The van der Waals surface area contributed by atoms with Gasteiger partial charge >= 0.3 is 0 Å². The highest BCUT2D eigenvalue weighted by Crippen LogP contribution is 2.31. The van der Waals surface area contributed by atoms with Gasteiger partial charge in [0.1, 0.15) is 0 Å². The largest absolute Gasteiger partial charge is 0.334 e. The van der Waals surface area contributed by atoms with Gasteiger partial charge in [0, 0.05) is 12.6 Å². The van der Waals surface area contributed by atoms with Crippen molar-refractivity contribution < 1.29 is 4.79 Å². The number of nitrogens with zero attached hydrogens (tertiary/aromatic N) is 1. The third-order valence-corrected chi connectivity index (χ3v) is 4.13. The van der Waals surface area contributed by atoms with Gasteiger partial charge in [-0.2, -0.15) is 11.3 Å². The van der Waals surface area contributed by atoms with E-state index in [1.807, 2.05) is 25.7 Å². The van der Waals surface area contributed by atoms with Crippen LogP contribution in [-0.2, 0) is 11.3 Å². The van der Waals surface area contributed by atoms with E-state index in [2.05, 4.69) is 16.8 Å². The van der Waals surface area contributed by atoms with E-state index in [-0.39, 0.29) is 11.3 Å². The van der Waals surface area contributed by atoms with Crippen LogP contribution in [0.25, 0.3) is 0 Å². The van der Waals surface area contributed by atoms with E-state index in [0.717, 1.165) is 12.8 Å². The van der Waals surface area contributed by atoms with Crippen molar-refractivity contribution in [3.63, 3.8) is 0 Å². The zero-order valence-electron chi connectivity index (χ0n) is 11.3. The Morgan fingerprint density at radius 2 is 2.22 bits per heavy atom. The second kappa shape index (κ2) is 5.02. The number of nitrogens with two attached hydrogens (primary N) is 1. The quantitative estimate of drug-likeness (QED) is 0.910. The Morgan fingerprint density at radius 3 is 2.67 bits per heavy atom. The zero-order valence-corrected chi connectivity index (χ0v) is 12.2. The molecular weight excluding hydrogens is 244 g/mol. The first-order chi connectivity index (χ1) is 8.39. The number of thiophene rings is 1. The molecule has 1 fully saturated rings. The number of carbonyl (C=O) groups excluding carboxylic acids is 1. The van der Waals surface area contributed by atoms with Crippen molar-refractivity contribution in [3.8, 4) is 0 Å². The second-order valence-electron chi connectivity index (χ2n) is 6.17. The summed E-state index contributed by atoms with van der Waals surface area (Å²) < 4.78 is 0. The summed E-state index contributed by atoms with van der Waals surface area (Å²) in [7, 11) is 0. The van der Waals surface area contributed by atoms with Crippen LogP contribution in [0.4, 0.5) is 0 Å². The zero-order chi connectivity index (χ0) is 13.3. The number of rotatable bonds is 4. The van der Waals surface area contributed by atoms with E-state index in [1.54, 1.807) is 11.3 Å². The molecule has 100 valence electrons. The summed E-state index contributed by atoms with van der Waals surface area (Å²) in [4.78, 5) is 14.5. The van der Waals surface area contributed by atoms with Crippen LogP contribution in [0.1, 0.15) is 39.2 Å². The summed E-state index contributed by atoms with van der Waals surface area (Å²) >= 11 is 1.67. The molecule has 1 aliphatic rings. The van der Waals surface area contributed by atoms with Crippen molar-refractivity contribution in [1.82, 2.24) is 4.90 Å². The minimum atomic E-state index is -0.420. The molecule has 1 heterocycles. The molecule has 0 unspecified atom stereocenters. The average Bonchev–Trinajstić information content (AvgIpc) is 3.00. The predicted octanol–water partition coefficient (Wildman–Crippen LogP) is 2.61. The molecular formula is C14H22N2OS. The molecule has 1 aromatic rings. The lowest BCUT2D eigenvalue weighted by Crippen LogP contribution is -2.50. The van der Waals surface area contributed by atoms with Gasteiger partial charge < -0.3 is 10.6 Å². The van der Waals surface area contributed by atoms with Crippen molar-refractivity contribution in [3.05, 3.63) is 22.4 Å². The van der Waals surface area contributed by atoms with Crippen molar-refractivity contribution in [2.75, 3.05) is 0 Å². The minimum absolute atomic E-state index is 0.0937. The lowest BCUT2D eigenvalue weighted by Gasteiger charge is -2.32. The molecule has 1 amide bonds. The number of carbonyl (C=O) groups is 1. The molecule has 3 nitrogen and oxygen atoms in total. The van der Waals surface area contributed by atoms with Crippen LogP contribution in [-0.4, -0.2) is 22.9 Å². The fourth-order valence-corrected chi connectivity index (χ4v) is 2.56. The Labute approximate surface area is 113 Å². The normalized spacial score (nSPS) is 17.6. The van der Waals surface area contributed by atoms with Gasteiger partial charge in [-0.3, -0.25) is 4.79 Å². The minimum Gasteiger partial charge on any atom is -0.334 e. The van der Waals surface area contributed by atoms with Gasteiger partial charge in [0.05, 0.1) is 6.04 Å². The molecule has 2 rings (SSSR count). The molecule has 18 heavy (non-hydrogen) atoms. The van der Waals surface area contributed by atoms with Crippen molar-refractivity contribution in [2.45, 2.75) is 52.2 Å². The summed E-state index contributed by atoms with van der Waals surface area (Å²) in [5.74, 6) is 0.0937. The Balaban J connectivity index is 2.08. The Kier molecular flexibility index (Phi) is 3.78. The first kappa shape index (κ1) is 13.6. The highest BCUT2D eigenvalue weighted by atomic mass is 32.1. The Bertz CT molecular complexity index is 404. The van der Waals surface area contributed by atoms with Crippen LogP contribution in [0, 0.1) is 5.41 Å². The van der Waals surface area contributed by atoms with Crippen LogP contribution in [0.3, 0.4) is 0 Å². The van der Waals surface area contributed by atoms with Gasteiger partial charge in [0.25, 0.3) is 0 Å². The monoisotopic (exact) mass is 266 g/mol. The summed E-state index contributed by atoms with van der Waals surface area (Å²) in [5.41, 5.74) is 7.13. The van der Waals surface area contributed by atoms with Crippen LogP contribution in [0.2, 0.25) is 0 Å². The molecule has 0 bridgehead atoms. The van der Waals surface area contributed by atoms with E-state index in [9.17, 15) is 4.79 Å². The van der Waals surface area contributed by atoms with Crippen LogP contribution >= 0.6 is 11.3 Å². The molecule has 0 radical (unpaired) electrons. The molecule has 0 spiro atoms. The molecule has 1 saturated carbocycles. The van der Waals surface area contributed by atoms with E-state index >= 15 is 0 Å². The first-order valence-electron chi connectivity index (χ1n) is 6.46. The Morgan fingerprint density at radius 1 is 1.56 bits per heavy atom. The van der Waals surface area contributed by atoms with Crippen LogP contribution in [0.5, 0.6) is 0 Å². The number of hydrogen-bond donors (Lipinski definition) is 1. The maximum Gasteiger partial charge on any atom is 0.240 e. The smallest absolute Gasteiger partial charge is 0.240 e. The molecule has 0 aromatic carbocycles. The molecule has 1 atom stereocenters. The fraction of sp³-hybridized carbons (Fsp3) is 0.643. The third kappa shape index (κ3) is 3.12. The van der Waals surface area contributed by atoms with E-state index in [1.165, 1.54) is 5.56 Å².